The molecule has 1 N–H and O–H groups in total. The standard InChI is InChI=1S/C5H10FN.C2H6/c1-4-5(6)2-3-7-4;1-2/h4-5,7H,2-3H2,1H3;1-2H3. The maximum atomic E-state index is 12.3. The third kappa shape index (κ3) is 2.80. The van der Waals surface area contributed by atoms with Crippen molar-refractivity contribution in [3.05, 3.63) is 0 Å². The molecule has 0 aromatic heterocycles. The molecule has 2 atom stereocenters. The summed E-state index contributed by atoms with van der Waals surface area (Å²) in [6.07, 6.45) is 0.0984. The van der Waals surface area contributed by atoms with Crippen LogP contribution in [-0.2, 0) is 0 Å². The normalized spacial score (nSPS) is 33.3. The van der Waals surface area contributed by atoms with Crippen molar-refractivity contribution in [2.45, 2.75) is 39.4 Å². The molecule has 0 spiro atoms. The van der Waals surface area contributed by atoms with Crippen LogP contribution in [0.3, 0.4) is 0 Å². The van der Waals surface area contributed by atoms with E-state index in [9.17, 15) is 4.39 Å². The highest BCUT2D eigenvalue weighted by Crippen LogP contribution is 2.08. The van der Waals surface area contributed by atoms with Crippen LogP contribution in [0.5, 0.6) is 0 Å². The van der Waals surface area contributed by atoms with Crippen LogP contribution in [0.2, 0.25) is 0 Å². The average molecular weight is 133 g/mol. The number of nitrogens with one attached hydrogen (secondary N) is 1. The van der Waals surface area contributed by atoms with Gasteiger partial charge in [-0.15, -0.1) is 0 Å². The molecule has 9 heavy (non-hydrogen) atoms. The summed E-state index contributed by atoms with van der Waals surface area (Å²) in [5, 5.41) is 2.99. The number of halogens is 1. The van der Waals surface area contributed by atoms with Crippen molar-refractivity contribution in [1.29, 1.82) is 0 Å². The molecule has 0 radical (unpaired) electrons. The van der Waals surface area contributed by atoms with Crippen LogP contribution in [0.4, 0.5) is 4.39 Å². The molecule has 1 rings (SSSR count). The van der Waals surface area contributed by atoms with E-state index in [0.29, 0.717) is 6.42 Å². The molecule has 1 fully saturated rings. The smallest absolute Gasteiger partial charge is 0.116 e. The Morgan fingerprint density at radius 3 is 2.11 bits per heavy atom. The van der Waals surface area contributed by atoms with Crippen LogP contribution in [0, 0.1) is 0 Å². The fraction of sp³-hybridized carbons (Fsp3) is 1.00. The lowest BCUT2D eigenvalue weighted by molar-refractivity contribution is 0.313. The summed E-state index contributed by atoms with van der Waals surface area (Å²) >= 11 is 0. The van der Waals surface area contributed by atoms with Crippen molar-refractivity contribution in [2.75, 3.05) is 6.54 Å². The average Bonchev–Trinajstić information content (AvgIpc) is 2.23. The second kappa shape index (κ2) is 4.74. The van der Waals surface area contributed by atoms with Crippen molar-refractivity contribution in [2.24, 2.45) is 0 Å². The lowest BCUT2D eigenvalue weighted by Crippen LogP contribution is -2.23. The molecule has 0 aliphatic carbocycles. The van der Waals surface area contributed by atoms with Gasteiger partial charge < -0.3 is 5.32 Å². The highest BCUT2D eigenvalue weighted by molar-refractivity contribution is 4.78. The van der Waals surface area contributed by atoms with Crippen molar-refractivity contribution < 1.29 is 4.39 Å². The highest BCUT2D eigenvalue weighted by atomic mass is 19.1. The van der Waals surface area contributed by atoms with Crippen molar-refractivity contribution in [3.8, 4) is 0 Å². The minimum Gasteiger partial charge on any atom is -0.311 e. The van der Waals surface area contributed by atoms with E-state index in [2.05, 4.69) is 5.32 Å². The molecule has 0 aromatic rings. The van der Waals surface area contributed by atoms with Crippen molar-refractivity contribution in [1.82, 2.24) is 5.32 Å². The van der Waals surface area contributed by atoms with Gasteiger partial charge in [0, 0.05) is 6.04 Å². The number of hydrogen-bond acceptors (Lipinski definition) is 1. The van der Waals surface area contributed by atoms with Gasteiger partial charge in [0.25, 0.3) is 0 Å². The second-order valence-corrected chi connectivity index (χ2v) is 2.05. The van der Waals surface area contributed by atoms with Crippen LogP contribution < -0.4 is 5.32 Å². The van der Waals surface area contributed by atoms with Crippen molar-refractivity contribution in [3.63, 3.8) is 0 Å². The first-order chi connectivity index (χ1) is 4.30. The van der Waals surface area contributed by atoms with Gasteiger partial charge in [-0.25, -0.2) is 4.39 Å². The number of rotatable bonds is 0. The molecule has 0 saturated carbocycles. The quantitative estimate of drug-likeness (QED) is 0.530. The fourth-order valence-electron chi connectivity index (χ4n) is 0.827. The van der Waals surface area contributed by atoms with Crippen LogP contribution in [0.15, 0.2) is 0 Å². The molecular weight excluding hydrogens is 117 g/mol. The third-order valence-electron chi connectivity index (χ3n) is 1.43. The van der Waals surface area contributed by atoms with E-state index in [1.807, 2.05) is 20.8 Å². The van der Waals surface area contributed by atoms with Gasteiger partial charge in [0.05, 0.1) is 0 Å². The maximum absolute atomic E-state index is 12.3. The van der Waals surface area contributed by atoms with Crippen molar-refractivity contribution >= 4 is 0 Å². The lowest BCUT2D eigenvalue weighted by atomic mass is 10.2. The predicted molar refractivity (Wildman–Crippen MR) is 38.3 cm³/mol. The van der Waals surface area contributed by atoms with Gasteiger partial charge in [-0.3, -0.25) is 0 Å². The van der Waals surface area contributed by atoms with Crippen LogP contribution in [-0.4, -0.2) is 18.8 Å². The molecule has 0 bridgehead atoms. The van der Waals surface area contributed by atoms with E-state index in [1.54, 1.807) is 0 Å². The monoisotopic (exact) mass is 133 g/mol. The fourth-order valence-corrected chi connectivity index (χ4v) is 0.827. The highest BCUT2D eigenvalue weighted by Gasteiger charge is 2.20. The van der Waals surface area contributed by atoms with Gasteiger partial charge in [0.1, 0.15) is 6.17 Å². The van der Waals surface area contributed by atoms with Gasteiger partial charge in [-0.05, 0) is 19.9 Å². The molecule has 1 heterocycles. The van der Waals surface area contributed by atoms with Crippen LogP contribution in [0.25, 0.3) is 0 Å². The predicted octanol–water partition coefficient (Wildman–Crippen LogP) is 1.73. The Balaban J connectivity index is 0.000000291. The molecule has 2 unspecified atom stereocenters. The summed E-state index contributed by atoms with van der Waals surface area (Å²) in [4.78, 5) is 0. The Hall–Kier alpha value is -0.110. The summed E-state index contributed by atoms with van der Waals surface area (Å²) in [6.45, 7) is 6.72. The first-order valence-corrected chi connectivity index (χ1v) is 3.68. The van der Waals surface area contributed by atoms with E-state index < -0.39 is 6.17 Å². The molecule has 1 aliphatic heterocycles. The van der Waals surface area contributed by atoms with Gasteiger partial charge >= 0.3 is 0 Å². The summed E-state index contributed by atoms with van der Waals surface area (Å²) in [6, 6.07) is 0.0972. The van der Waals surface area contributed by atoms with E-state index in [-0.39, 0.29) is 6.04 Å². The zero-order valence-electron chi connectivity index (χ0n) is 6.45. The number of hydrogen-bond donors (Lipinski definition) is 1. The third-order valence-corrected chi connectivity index (χ3v) is 1.43. The van der Waals surface area contributed by atoms with E-state index in [0.717, 1.165) is 6.54 Å². The topological polar surface area (TPSA) is 12.0 Å². The Bertz CT molecular complexity index is 57.9. The summed E-state index contributed by atoms with van der Waals surface area (Å²) in [5.41, 5.74) is 0. The zero-order chi connectivity index (χ0) is 7.28. The molecule has 1 nitrogen and oxygen atoms in total. The van der Waals surface area contributed by atoms with Gasteiger partial charge in [-0.2, -0.15) is 0 Å². The first kappa shape index (κ1) is 8.89. The zero-order valence-corrected chi connectivity index (χ0v) is 6.45. The molecular formula is C7H16FN. The van der Waals surface area contributed by atoms with Gasteiger partial charge in [0.2, 0.25) is 0 Å². The largest absolute Gasteiger partial charge is 0.311 e. The van der Waals surface area contributed by atoms with E-state index >= 15 is 0 Å². The minimum absolute atomic E-state index is 0.0972. The number of alkyl halides is 1. The maximum Gasteiger partial charge on any atom is 0.116 e. The molecule has 0 aromatic carbocycles. The Morgan fingerprint density at radius 1 is 1.44 bits per heavy atom. The summed E-state index contributed by atoms with van der Waals surface area (Å²) in [7, 11) is 0. The van der Waals surface area contributed by atoms with Gasteiger partial charge in [-0.1, -0.05) is 13.8 Å². The molecule has 0 amide bonds. The SMILES string of the molecule is CC.CC1NCCC1F. The molecule has 1 saturated heterocycles. The second-order valence-electron chi connectivity index (χ2n) is 2.05. The molecule has 56 valence electrons. The Labute approximate surface area is 56.6 Å². The van der Waals surface area contributed by atoms with E-state index in [1.165, 1.54) is 0 Å². The molecule has 1 aliphatic rings. The summed E-state index contributed by atoms with van der Waals surface area (Å²) < 4.78 is 12.3. The first-order valence-electron chi connectivity index (χ1n) is 3.68. The van der Waals surface area contributed by atoms with E-state index in [4.69, 9.17) is 0 Å². The lowest BCUT2D eigenvalue weighted by Gasteiger charge is -2.01. The Morgan fingerprint density at radius 2 is 2.00 bits per heavy atom. The molecule has 2 heteroatoms. The van der Waals surface area contributed by atoms with Crippen LogP contribution in [0.1, 0.15) is 27.2 Å². The van der Waals surface area contributed by atoms with Crippen LogP contribution >= 0.6 is 0 Å². The minimum atomic E-state index is -0.597. The van der Waals surface area contributed by atoms with Gasteiger partial charge in [0.15, 0.2) is 0 Å². The Kier molecular flexibility index (Phi) is 4.68. The summed E-state index contributed by atoms with van der Waals surface area (Å²) in [5.74, 6) is 0.